The summed E-state index contributed by atoms with van der Waals surface area (Å²) in [5.74, 6) is -0.441. The molecule has 20 heteroatoms. The van der Waals surface area contributed by atoms with Gasteiger partial charge in [0.05, 0.1) is 54.5 Å². The third-order valence-corrected chi connectivity index (χ3v) is 13.6. The van der Waals surface area contributed by atoms with Crippen LogP contribution in [0.5, 0.6) is 0 Å². The number of hydrogen-bond acceptors (Lipinski definition) is 16. The minimum atomic E-state index is -1.05. The van der Waals surface area contributed by atoms with Crippen molar-refractivity contribution in [1.29, 1.82) is 0 Å². The van der Waals surface area contributed by atoms with Gasteiger partial charge in [-0.3, -0.25) is 43.9 Å². The molecule has 2 fully saturated rings. The standard InChI is InChI=1S/C50H62ClN9O9S/c1-33-12-10-16-38(51)45(33)57-47(64)40-32-52-50(70-40)55-41-31-42(54-34(2)53-41)59-22-20-58(21-23-59)19-7-3-4-8-24-67-26-28-69-29-27-68-25-9-5-6-14-36(61)30-35-13-11-15-37-44(35)49(66)60(48(37)65)39-17-18-43(62)56-46(39)63/h10-13,15-16,31-32,39H,3-9,14,17-30H2,1-2H3,(H,57,64)(H,56,62,63)(H,52,53,54,55). The molecule has 7 rings (SSSR count). The zero-order valence-corrected chi connectivity index (χ0v) is 41.5. The fraction of sp³-hybridized carbons (Fsp3) is 0.500. The third kappa shape index (κ3) is 14.4. The molecule has 0 spiro atoms. The molecule has 0 saturated carbocycles. The molecular formula is C50H62ClN9O9S. The second-order valence-corrected chi connectivity index (χ2v) is 19.0. The van der Waals surface area contributed by atoms with Gasteiger partial charge in [-0.2, -0.15) is 0 Å². The average molecular weight is 1000 g/mol. The highest BCUT2D eigenvalue weighted by Crippen LogP contribution is 2.32. The molecule has 5 heterocycles. The largest absolute Gasteiger partial charge is 0.379 e. The molecule has 3 aliphatic rings. The monoisotopic (exact) mass is 999 g/mol. The Morgan fingerprint density at radius 3 is 2.26 bits per heavy atom. The number of ether oxygens (including phenoxy) is 3. The summed E-state index contributed by atoms with van der Waals surface area (Å²) >= 11 is 7.54. The first-order valence-corrected chi connectivity index (χ1v) is 25.4. The summed E-state index contributed by atoms with van der Waals surface area (Å²) in [6.07, 6.45) is 8.76. The number of fused-ring (bicyclic) bond motifs is 1. The zero-order chi connectivity index (χ0) is 49.4. The molecule has 1 unspecified atom stereocenters. The van der Waals surface area contributed by atoms with Crippen molar-refractivity contribution < 1.29 is 43.0 Å². The molecule has 3 N–H and O–H groups in total. The van der Waals surface area contributed by atoms with Crippen LogP contribution in [0, 0.1) is 13.8 Å². The number of unbranched alkanes of at least 4 members (excludes halogenated alkanes) is 5. The number of para-hydroxylation sites is 1. The van der Waals surface area contributed by atoms with Gasteiger partial charge in [0.25, 0.3) is 17.7 Å². The van der Waals surface area contributed by atoms with E-state index in [-0.39, 0.29) is 42.1 Å². The number of aromatic nitrogens is 3. The number of ketones is 1. The summed E-state index contributed by atoms with van der Waals surface area (Å²) in [5.41, 5.74) is 2.29. The minimum absolute atomic E-state index is 0.0221. The third-order valence-electron chi connectivity index (χ3n) is 12.4. The lowest BCUT2D eigenvalue weighted by molar-refractivity contribution is -0.136. The quantitative estimate of drug-likeness (QED) is 0.0419. The Labute approximate surface area is 417 Å². The molecule has 374 valence electrons. The minimum Gasteiger partial charge on any atom is -0.379 e. The molecule has 2 saturated heterocycles. The van der Waals surface area contributed by atoms with Crippen molar-refractivity contribution >= 4 is 80.7 Å². The Kier molecular flexibility index (Phi) is 19.3. The maximum atomic E-state index is 13.3. The van der Waals surface area contributed by atoms with Crippen molar-refractivity contribution in [2.75, 3.05) is 87.9 Å². The number of rotatable bonds is 27. The van der Waals surface area contributed by atoms with Gasteiger partial charge >= 0.3 is 0 Å². The molecule has 1 atom stereocenters. The second-order valence-electron chi connectivity index (χ2n) is 17.6. The number of Topliss-reactive ketones (excluding diaryl/α,β-unsaturated/α-hetero) is 1. The van der Waals surface area contributed by atoms with Gasteiger partial charge in [-0.15, -0.1) is 0 Å². The van der Waals surface area contributed by atoms with E-state index in [4.69, 9.17) is 30.8 Å². The SMILES string of the molecule is Cc1nc(Nc2ncc(C(=O)Nc3c(C)cccc3Cl)s2)cc(N2CCN(CCCCCCOCCOCCOCCCCCC(=O)Cc3cccc4c3C(=O)N(C3CCC(=O)NC3=O)C4=O)CC2)n1. The van der Waals surface area contributed by atoms with Crippen LogP contribution in [0.2, 0.25) is 5.02 Å². The topological polar surface area (TPSA) is 215 Å². The number of benzene rings is 2. The lowest BCUT2D eigenvalue weighted by Gasteiger charge is -2.35. The van der Waals surface area contributed by atoms with Gasteiger partial charge in [-0.1, -0.05) is 66.5 Å². The molecule has 0 bridgehead atoms. The van der Waals surface area contributed by atoms with E-state index in [9.17, 15) is 28.8 Å². The molecule has 2 aromatic heterocycles. The van der Waals surface area contributed by atoms with Gasteiger partial charge in [-0.05, 0) is 75.8 Å². The predicted octanol–water partition coefficient (Wildman–Crippen LogP) is 6.70. The average Bonchev–Trinajstić information content (AvgIpc) is 3.91. The van der Waals surface area contributed by atoms with E-state index in [1.807, 2.05) is 32.0 Å². The molecule has 0 aliphatic carbocycles. The van der Waals surface area contributed by atoms with Gasteiger partial charge in [0.1, 0.15) is 34.2 Å². The Morgan fingerprint density at radius 2 is 1.53 bits per heavy atom. The van der Waals surface area contributed by atoms with E-state index in [2.05, 4.69) is 35.7 Å². The Balaban J connectivity index is 0.658. The van der Waals surface area contributed by atoms with Crippen LogP contribution >= 0.6 is 22.9 Å². The number of hydrogen-bond donors (Lipinski definition) is 3. The smallest absolute Gasteiger partial charge is 0.267 e. The number of imide groups is 2. The van der Waals surface area contributed by atoms with Crippen LogP contribution in [0.25, 0.3) is 0 Å². The number of anilines is 4. The molecule has 5 amide bonds. The van der Waals surface area contributed by atoms with E-state index < -0.39 is 29.7 Å². The van der Waals surface area contributed by atoms with Crippen molar-refractivity contribution in [3.63, 3.8) is 0 Å². The van der Waals surface area contributed by atoms with E-state index in [1.54, 1.807) is 24.4 Å². The van der Waals surface area contributed by atoms with E-state index in [0.717, 1.165) is 87.5 Å². The van der Waals surface area contributed by atoms with E-state index >= 15 is 0 Å². The van der Waals surface area contributed by atoms with Gasteiger partial charge < -0.3 is 29.7 Å². The van der Waals surface area contributed by atoms with Crippen LogP contribution in [-0.2, 0) is 35.0 Å². The number of amides is 5. The van der Waals surface area contributed by atoms with Crippen molar-refractivity contribution in [2.45, 2.75) is 90.5 Å². The fourth-order valence-electron chi connectivity index (χ4n) is 8.66. The number of halogens is 1. The Morgan fingerprint density at radius 1 is 0.829 bits per heavy atom. The van der Waals surface area contributed by atoms with Crippen LogP contribution in [0.4, 0.5) is 22.5 Å². The summed E-state index contributed by atoms with van der Waals surface area (Å²) in [6.45, 7) is 11.8. The van der Waals surface area contributed by atoms with E-state index in [1.165, 1.54) is 17.4 Å². The predicted molar refractivity (Wildman–Crippen MR) is 266 cm³/mol. The Bertz CT molecular complexity index is 2480. The second kappa shape index (κ2) is 26.0. The van der Waals surface area contributed by atoms with Crippen molar-refractivity contribution in [1.82, 2.24) is 30.1 Å². The molecule has 0 radical (unpaired) electrons. The molecule has 70 heavy (non-hydrogen) atoms. The maximum Gasteiger partial charge on any atom is 0.267 e. The van der Waals surface area contributed by atoms with Crippen molar-refractivity contribution in [2.24, 2.45) is 0 Å². The number of nitrogens with one attached hydrogen (secondary N) is 3. The normalized spacial score (nSPS) is 16.2. The fourth-order valence-corrected chi connectivity index (χ4v) is 9.65. The van der Waals surface area contributed by atoms with E-state index in [0.29, 0.717) is 90.4 Å². The molecule has 4 aromatic rings. The highest BCUT2D eigenvalue weighted by Gasteiger charge is 2.45. The van der Waals surface area contributed by atoms with Gasteiger partial charge in [0.15, 0.2) is 5.13 Å². The molecule has 18 nitrogen and oxygen atoms in total. The number of carbonyl (C=O) groups is 6. The number of thiazole rings is 1. The number of piperidine rings is 1. The summed E-state index contributed by atoms with van der Waals surface area (Å²) < 4.78 is 17.1. The summed E-state index contributed by atoms with van der Waals surface area (Å²) in [5, 5.41) is 9.39. The Hall–Kier alpha value is -5.70. The lowest BCUT2D eigenvalue weighted by atomic mass is 9.97. The number of nitrogens with zero attached hydrogens (tertiary/aromatic N) is 6. The van der Waals surface area contributed by atoms with Gasteiger partial charge in [0, 0.05) is 64.7 Å². The molecule has 3 aliphatic heterocycles. The van der Waals surface area contributed by atoms with Crippen molar-refractivity contribution in [3.05, 3.63) is 86.6 Å². The van der Waals surface area contributed by atoms with Crippen LogP contribution in [0.1, 0.15) is 112 Å². The maximum absolute atomic E-state index is 13.3. The lowest BCUT2D eigenvalue weighted by Crippen LogP contribution is -2.54. The van der Waals surface area contributed by atoms with Crippen LogP contribution in [0.3, 0.4) is 0 Å². The highest BCUT2D eigenvalue weighted by molar-refractivity contribution is 7.17. The summed E-state index contributed by atoms with van der Waals surface area (Å²) in [7, 11) is 0. The van der Waals surface area contributed by atoms with Gasteiger partial charge in [-0.25, -0.2) is 15.0 Å². The number of piperazine rings is 1. The first-order valence-electron chi connectivity index (χ1n) is 24.2. The zero-order valence-electron chi connectivity index (χ0n) is 39.9. The summed E-state index contributed by atoms with van der Waals surface area (Å²) in [4.78, 5) is 95.9. The first-order chi connectivity index (χ1) is 33.9. The molecular weight excluding hydrogens is 938 g/mol. The van der Waals surface area contributed by atoms with Crippen molar-refractivity contribution in [3.8, 4) is 0 Å². The van der Waals surface area contributed by atoms with Gasteiger partial charge in [0.2, 0.25) is 11.8 Å². The van der Waals surface area contributed by atoms with Crippen LogP contribution in [0.15, 0.2) is 48.7 Å². The molecule has 2 aromatic carbocycles. The first kappa shape index (κ1) is 52.1. The number of aryl methyl sites for hydroxylation is 2. The van der Waals surface area contributed by atoms with Crippen LogP contribution < -0.4 is 20.9 Å². The highest BCUT2D eigenvalue weighted by atomic mass is 35.5. The van der Waals surface area contributed by atoms with Crippen LogP contribution in [-0.4, -0.2) is 138 Å². The number of carbonyl (C=O) groups excluding carboxylic acids is 6. The summed E-state index contributed by atoms with van der Waals surface area (Å²) in [6, 6.07) is 11.2.